The van der Waals surface area contributed by atoms with Gasteiger partial charge in [-0.25, -0.2) is 4.98 Å². The van der Waals surface area contributed by atoms with E-state index in [9.17, 15) is 0 Å². The van der Waals surface area contributed by atoms with Crippen molar-refractivity contribution in [2.75, 3.05) is 11.5 Å². The van der Waals surface area contributed by atoms with E-state index in [4.69, 9.17) is 0 Å². The van der Waals surface area contributed by atoms with Crippen molar-refractivity contribution in [2.24, 2.45) is 0 Å². The fourth-order valence-electron chi connectivity index (χ4n) is 1.42. The Morgan fingerprint density at radius 2 is 2.19 bits per heavy atom. The van der Waals surface area contributed by atoms with Gasteiger partial charge in [0.25, 0.3) is 0 Å². The van der Waals surface area contributed by atoms with Crippen LogP contribution in [0.25, 0.3) is 0 Å². The Morgan fingerprint density at radius 3 is 2.75 bits per heavy atom. The Morgan fingerprint density at radius 1 is 1.44 bits per heavy atom. The smallest absolute Gasteiger partial charge is 0.0928 e. The molecule has 0 radical (unpaired) electrons. The van der Waals surface area contributed by atoms with Crippen LogP contribution in [0.15, 0.2) is 0 Å². The van der Waals surface area contributed by atoms with E-state index in [0.29, 0.717) is 6.04 Å². The summed E-state index contributed by atoms with van der Waals surface area (Å²) in [7, 11) is 0. The minimum absolute atomic E-state index is 0.580. The fourth-order valence-corrected chi connectivity index (χ4v) is 3.09. The van der Waals surface area contributed by atoms with Crippen LogP contribution in [0.3, 0.4) is 0 Å². The van der Waals surface area contributed by atoms with E-state index in [1.807, 2.05) is 23.1 Å². The van der Waals surface area contributed by atoms with Crippen LogP contribution in [0.5, 0.6) is 0 Å². The highest BCUT2D eigenvalue weighted by atomic mass is 32.2. The molecule has 0 fully saturated rings. The highest BCUT2D eigenvalue weighted by Crippen LogP contribution is 2.18. The van der Waals surface area contributed by atoms with E-state index < -0.39 is 0 Å². The van der Waals surface area contributed by atoms with Crippen molar-refractivity contribution >= 4 is 23.1 Å². The number of thioether (sulfide) groups is 1. The highest BCUT2D eigenvalue weighted by molar-refractivity contribution is 7.99. The van der Waals surface area contributed by atoms with E-state index >= 15 is 0 Å². The summed E-state index contributed by atoms with van der Waals surface area (Å²) in [5, 5.41) is 4.82. The van der Waals surface area contributed by atoms with Crippen LogP contribution in [-0.4, -0.2) is 22.5 Å². The molecule has 0 unspecified atom stereocenters. The van der Waals surface area contributed by atoms with Crippen LogP contribution in [0, 0.1) is 6.92 Å². The molecule has 0 amide bonds. The van der Waals surface area contributed by atoms with E-state index in [1.54, 1.807) is 0 Å². The van der Waals surface area contributed by atoms with Gasteiger partial charge >= 0.3 is 0 Å². The van der Waals surface area contributed by atoms with Crippen LogP contribution in [-0.2, 0) is 13.0 Å². The molecule has 16 heavy (non-hydrogen) atoms. The lowest BCUT2D eigenvalue weighted by Gasteiger charge is -2.12. The molecule has 1 aromatic rings. The average Bonchev–Trinajstić information content (AvgIpc) is 2.64. The third-order valence-corrected chi connectivity index (χ3v) is 4.87. The number of thiazole rings is 1. The molecule has 1 atom stereocenters. The van der Waals surface area contributed by atoms with E-state index in [-0.39, 0.29) is 0 Å². The molecule has 0 spiro atoms. The van der Waals surface area contributed by atoms with Gasteiger partial charge in [0.15, 0.2) is 0 Å². The number of aromatic nitrogens is 1. The first kappa shape index (κ1) is 14.0. The van der Waals surface area contributed by atoms with E-state index in [2.05, 4.69) is 38.0 Å². The van der Waals surface area contributed by atoms with Crippen molar-refractivity contribution in [3.8, 4) is 0 Å². The second-order valence-electron chi connectivity index (χ2n) is 3.91. The molecule has 1 aromatic heterocycles. The lowest BCUT2D eigenvalue weighted by atomic mass is 10.3. The normalized spacial score (nSPS) is 13.0. The first-order chi connectivity index (χ1) is 7.67. The van der Waals surface area contributed by atoms with Crippen LogP contribution in [0.1, 0.15) is 36.3 Å². The molecule has 0 aliphatic heterocycles. The Labute approximate surface area is 107 Å². The fraction of sp³-hybridized carbons (Fsp3) is 0.750. The third-order valence-electron chi connectivity index (χ3n) is 2.42. The predicted octanol–water partition coefficient (Wildman–Crippen LogP) is 3.25. The first-order valence-electron chi connectivity index (χ1n) is 5.93. The predicted molar refractivity (Wildman–Crippen MR) is 75.5 cm³/mol. The molecule has 0 aliphatic rings. The van der Waals surface area contributed by atoms with Gasteiger partial charge in [0, 0.05) is 23.2 Å². The van der Waals surface area contributed by atoms with Crippen molar-refractivity contribution in [1.29, 1.82) is 0 Å². The summed E-state index contributed by atoms with van der Waals surface area (Å²) in [5.74, 6) is 2.39. The molecule has 2 nitrogen and oxygen atoms in total. The Kier molecular flexibility index (Phi) is 6.39. The summed E-state index contributed by atoms with van der Waals surface area (Å²) < 4.78 is 0. The van der Waals surface area contributed by atoms with Crippen LogP contribution >= 0.6 is 23.1 Å². The zero-order valence-corrected chi connectivity index (χ0v) is 12.3. The summed E-state index contributed by atoms with van der Waals surface area (Å²) in [6, 6.07) is 0.580. The van der Waals surface area contributed by atoms with Gasteiger partial charge in [0.1, 0.15) is 0 Å². The van der Waals surface area contributed by atoms with Gasteiger partial charge in [-0.15, -0.1) is 11.3 Å². The molecule has 4 heteroatoms. The lowest BCUT2D eigenvalue weighted by Crippen LogP contribution is -2.27. The van der Waals surface area contributed by atoms with Crippen LogP contribution in [0.4, 0.5) is 0 Å². The first-order valence-corrected chi connectivity index (χ1v) is 7.90. The largest absolute Gasteiger partial charge is 0.308 e. The molecular formula is C12H22N2S2. The van der Waals surface area contributed by atoms with Gasteiger partial charge in [-0.2, -0.15) is 11.8 Å². The van der Waals surface area contributed by atoms with Gasteiger partial charge in [-0.3, -0.25) is 0 Å². The van der Waals surface area contributed by atoms with Gasteiger partial charge in [0.2, 0.25) is 0 Å². The summed E-state index contributed by atoms with van der Waals surface area (Å²) in [5.41, 5.74) is 1.20. The van der Waals surface area contributed by atoms with E-state index in [1.165, 1.54) is 27.1 Å². The molecular weight excluding hydrogens is 236 g/mol. The Bertz CT molecular complexity index is 310. The number of nitrogens with one attached hydrogen (secondary N) is 1. The molecule has 0 saturated carbocycles. The molecule has 1 heterocycles. The number of hydrogen-bond acceptors (Lipinski definition) is 4. The Balaban J connectivity index is 2.38. The topological polar surface area (TPSA) is 24.9 Å². The zero-order valence-electron chi connectivity index (χ0n) is 10.7. The number of aryl methyl sites for hydroxylation is 2. The number of hydrogen-bond donors (Lipinski definition) is 1. The number of rotatable bonds is 7. The maximum atomic E-state index is 4.54. The Hall–Kier alpha value is -0.0600. The molecule has 0 saturated heterocycles. The summed E-state index contributed by atoms with van der Waals surface area (Å²) in [6.07, 6.45) is 1.05. The summed E-state index contributed by atoms with van der Waals surface area (Å²) in [6.45, 7) is 9.70. The second-order valence-corrected chi connectivity index (χ2v) is 6.40. The van der Waals surface area contributed by atoms with Crippen LogP contribution < -0.4 is 5.32 Å². The minimum atomic E-state index is 0.580. The lowest BCUT2D eigenvalue weighted by molar-refractivity contribution is 0.598. The standard InChI is InChI=1S/C12H22N2S2/c1-5-12-14-10(4)11(16-12)7-13-9(3)8-15-6-2/h9,13H,5-8H2,1-4H3/t9-/m1/s1. The maximum absolute atomic E-state index is 4.54. The van der Waals surface area contributed by atoms with E-state index in [0.717, 1.165) is 13.0 Å². The molecule has 0 bridgehead atoms. The minimum Gasteiger partial charge on any atom is -0.308 e. The van der Waals surface area contributed by atoms with Crippen LogP contribution in [0.2, 0.25) is 0 Å². The van der Waals surface area contributed by atoms with Crippen molar-refractivity contribution in [3.63, 3.8) is 0 Å². The SMILES string of the molecule is CCSC[C@@H](C)NCc1sc(CC)nc1C. The average molecular weight is 258 g/mol. The third kappa shape index (κ3) is 4.44. The second kappa shape index (κ2) is 7.30. The molecule has 0 aromatic carbocycles. The van der Waals surface area contributed by atoms with Gasteiger partial charge in [0.05, 0.1) is 10.7 Å². The summed E-state index contributed by atoms with van der Waals surface area (Å²) >= 11 is 3.84. The van der Waals surface area contributed by atoms with Crippen molar-refractivity contribution in [1.82, 2.24) is 10.3 Å². The van der Waals surface area contributed by atoms with Crippen molar-refractivity contribution < 1.29 is 0 Å². The highest BCUT2D eigenvalue weighted by Gasteiger charge is 2.07. The monoisotopic (exact) mass is 258 g/mol. The van der Waals surface area contributed by atoms with Gasteiger partial charge in [-0.1, -0.05) is 13.8 Å². The molecule has 0 aliphatic carbocycles. The maximum Gasteiger partial charge on any atom is 0.0928 e. The van der Waals surface area contributed by atoms with Crippen molar-refractivity contribution in [2.45, 2.75) is 46.7 Å². The van der Waals surface area contributed by atoms with Gasteiger partial charge < -0.3 is 5.32 Å². The molecule has 1 N–H and O–H groups in total. The number of nitrogens with zero attached hydrogens (tertiary/aromatic N) is 1. The van der Waals surface area contributed by atoms with Gasteiger partial charge in [-0.05, 0) is 26.0 Å². The summed E-state index contributed by atoms with van der Waals surface area (Å²) in [4.78, 5) is 5.94. The molecule has 1 rings (SSSR count). The zero-order chi connectivity index (χ0) is 12.0. The molecule has 92 valence electrons. The quantitative estimate of drug-likeness (QED) is 0.812. The van der Waals surface area contributed by atoms with Crippen molar-refractivity contribution in [3.05, 3.63) is 15.6 Å².